The molecule has 1 aliphatic carbocycles. The number of carbonyl (C=O) groups excluding carboxylic acids is 1. The van der Waals surface area contributed by atoms with E-state index in [0.717, 1.165) is 28.1 Å². The summed E-state index contributed by atoms with van der Waals surface area (Å²) in [7, 11) is 1.75. The van der Waals surface area contributed by atoms with Gasteiger partial charge in [-0.2, -0.15) is 5.26 Å². The number of rotatable bonds is 5. The average molecular weight is 361 g/mol. The summed E-state index contributed by atoms with van der Waals surface area (Å²) in [6, 6.07) is 2.08. The Labute approximate surface area is 150 Å². The van der Waals surface area contributed by atoms with Gasteiger partial charge < -0.3 is 4.90 Å². The molecule has 1 aliphatic rings. The Balaban J connectivity index is 1.83. The maximum absolute atomic E-state index is 12.5. The molecule has 24 heavy (non-hydrogen) atoms. The van der Waals surface area contributed by atoms with Crippen LogP contribution >= 0.6 is 23.1 Å². The van der Waals surface area contributed by atoms with Crippen LogP contribution < -0.4 is 0 Å². The van der Waals surface area contributed by atoms with E-state index in [1.54, 1.807) is 29.6 Å². The van der Waals surface area contributed by atoms with Crippen molar-refractivity contribution in [2.24, 2.45) is 0 Å². The molecule has 0 unspecified atom stereocenters. The quantitative estimate of drug-likeness (QED) is 0.603. The highest BCUT2D eigenvalue weighted by Gasteiger charge is 2.24. The molecule has 5 nitrogen and oxygen atoms in total. The highest BCUT2D eigenvalue weighted by atomic mass is 32.2. The summed E-state index contributed by atoms with van der Waals surface area (Å²) in [5, 5.41) is 10.5. The zero-order valence-electron chi connectivity index (χ0n) is 13.9. The largest absolute Gasteiger partial charge is 0.344 e. The number of hydrogen-bond donors (Lipinski definition) is 0. The molecular weight excluding hydrogens is 340 g/mol. The number of amides is 1. The van der Waals surface area contributed by atoms with Crippen molar-refractivity contribution in [2.45, 2.75) is 49.3 Å². The lowest BCUT2D eigenvalue weighted by Crippen LogP contribution is -2.33. The van der Waals surface area contributed by atoms with Gasteiger partial charge in [-0.3, -0.25) is 4.79 Å². The van der Waals surface area contributed by atoms with Crippen LogP contribution in [-0.2, 0) is 17.6 Å². The van der Waals surface area contributed by atoms with Crippen molar-refractivity contribution in [2.75, 3.05) is 13.6 Å². The lowest BCUT2D eigenvalue weighted by molar-refractivity contribution is -0.128. The molecule has 0 N–H and O–H groups in total. The second-order valence-corrected chi connectivity index (χ2v) is 8.41. The molecule has 0 fully saturated rings. The molecule has 0 saturated carbocycles. The third-order valence-corrected chi connectivity index (χ3v) is 6.58. The fourth-order valence-corrected chi connectivity index (χ4v) is 5.36. The minimum absolute atomic E-state index is 0.0334. The van der Waals surface area contributed by atoms with Crippen LogP contribution in [0.15, 0.2) is 11.4 Å². The molecule has 0 aromatic carbocycles. The van der Waals surface area contributed by atoms with Crippen LogP contribution in [0.1, 0.15) is 36.6 Å². The van der Waals surface area contributed by atoms with E-state index in [0.29, 0.717) is 13.0 Å². The van der Waals surface area contributed by atoms with E-state index >= 15 is 0 Å². The topological polar surface area (TPSA) is 69.9 Å². The number of carbonyl (C=O) groups is 1. The van der Waals surface area contributed by atoms with E-state index in [9.17, 15) is 4.79 Å². The summed E-state index contributed by atoms with van der Waals surface area (Å²) in [6.07, 6.45) is 6.63. The van der Waals surface area contributed by atoms with Crippen molar-refractivity contribution >= 4 is 39.2 Å². The van der Waals surface area contributed by atoms with Gasteiger partial charge in [-0.1, -0.05) is 11.8 Å². The first-order valence-corrected chi connectivity index (χ1v) is 9.85. The smallest absolute Gasteiger partial charge is 0.235 e. The Morgan fingerprint density at radius 1 is 1.46 bits per heavy atom. The maximum atomic E-state index is 12.5. The van der Waals surface area contributed by atoms with Gasteiger partial charge in [-0.25, -0.2) is 9.97 Å². The van der Waals surface area contributed by atoms with Crippen molar-refractivity contribution in [3.05, 3.63) is 16.8 Å². The number of nitrogens with zero attached hydrogens (tertiary/aromatic N) is 4. The van der Waals surface area contributed by atoms with Crippen LogP contribution in [0, 0.1) is 11.3 Å². The fourth-order valence-electron chi connectivity index (χ4n) is 3.01. The monoisotopic (exact) mass is 360 g/mol. The van der Waals surface area contributed by atoms with Crippen LogP contribution in [0.3, 0.4) is 0 Å². The molecule has 0 bridgehead atoms. The van der Waals surface area contributed by atoms with Gasteiger partial charge in [-0.15, -0.1) is 11.3 Å². The van der Waals surface area contributed by atoms with Gasteiger partial charge in [0.05, 0.1) is 17.7 Å². The molecular formula is C17H20N4OS2. The average Bonchev–Trinajstić information content (AvgIpc) is 2.98. The Morgan fingerprint density at radius 2 is 2.25 bits per heavy atom. The molecule has 1 atom stereocenters. The van der Waals surface area contributed by atoms with E-state index in [2.05, 4.69) is 16.0 Å². The van der Waals surface area contributed by atoms with Gasteiger partial charge in [0.2, 0.25) is 5.91 Å². The first-order valence-electron chi connectivity index (χ1n) is 8.15. The normalized spacial score (nSPS) is 14.9. The number of fused-ring (bicyclic) bond motifs is 3. The van der Waals surface area contributed by atoms with Gasteiger partial charge in [0, 0.05) is 23.9 Å². The maximum Gasteiger partial charge on any atom is 0.235 e. The lowest BCUT2D eigenvalue weighted by atomic mass is 9.97. The first-order chi connectivity index (χ1) is 11.6. The second-order valence-electron chi connectivity index (χ2n) is 6.00. The molecule has 126 valence electrons. The van der Waals surface area contributed by atoms with Gasteiger partial charge in [0.1, 0.15) is 16.2 Å². The predicted octanol–water partition coefficient (Wildman–Crippen LogP) is 3.42. The molecule has 3 rings (SSSR count). The molecule has 0 saturated heterocycles. The van der Waals surface area contributed by atoms with Gasteiger partial charge >= 0.3 is 0 Å². The van der Waals surface area contributed by atoms with E-state index in [-0.39, 0.29) is 11.2 Å². The Bertz CT molecular complexity index is 796. The first kappa shape index (κ1) is 17.2. The molecule has 7 heteroatoms. The summed E-state index contributed by atoms with van der Waals surface area (Å²) in [5.74, 6) is 0.0334. The third-order valence-electron chi connectivity index (χ3n) is 4.29. The molecule has 2 heterocycles. The summed E-state index contributed by atoms with van der Waals surface area (Å²) < 4.78 is 0. The molecule has 1 amide bonds. The van der Waals surface area contributed by atoms with E-state index < -0.39 is 0 Å². The summed E-state index contributed by atoms with van der Waals surface area (Å²) in [5.41, 5.74) is 1.39. The highest BCUT2D eigenvalue weighted by molar-refractivity contribution is 8.00. The van der Waals surface area contributed by atoms with Crippen LogP contribution in [-0.4, -0.2) is 39.6 Å². The van der Waals surface area contributed by atoms with Crippen LogP contribution in [0.25, 0.3) is 10.2 Å². The van der Waals surface area contributed by atoms with Gasteiger partial charge in [0.15, 0.2) is 0 Å². The number of thiophene rings is 1. The zero-order chi connectivity index (χ0) is 17.1. The van der Waals surface area contributed by atoms with Gasteiger partial charge in [0.25, 0.3) is 0 Å². The molecule has 0 spiro atoms. The number of hydrogen-bond acceptors (Lipinski definition) is 6. The van der Waals surface area contributed by atoms with E-state index in [1.165, 1.54) is 35.0 Å². The standard InChI is InChI=1S/C17H20N4OS2/c1-11(17(22)21(2)9-5-8-18)23-15-14-12-6-3-4-7-13(12)24-16(14)20-10-19-15/h10-11H,3-7,9H2,1-2H3/t11-/m0/s1. The lowest BCUT2D eigenvalue weighted by Gasteiger charge is -2.20. The summed E-state index contributed by atoms with van der Waals surface area (Å²) >= 11 is 3.27. The minimum Gasteiger partial charge on any atom is -0.344 e. The summed E-state index contributed by atoms with van der Waals surface area (Å²) in [6.45, 7) is 2.37. The molecule has 0 radical (unpaired) electrons. The Kier molecular flexibility index (Phi) is 5.36. The SMILES string of the molecule is C[C@H](Sc1ncnc2sc3c(c12)CCCC3)C(=O)N(C)CCC#N. The van der Waals surface area contributed by atoms with E-state index in [4.69, 9.17) is 5.26 Å². The van der Waals surface area contributed by atoms with Crippen molar-refractivity contribution in [3.8, 4) is 6.07 Å². The Hall–Kier alpha value is -1.65. The van der Waals surface area contributed by atoms with Crippen molar-refractivity contribution in [1.82, 2.24) is 14.9 Å². The van der Waals surface area contributed by atoms with Crippen LogP contribution in [0.2, 0.25) is 0 Å². The van der Waals surface area contributed by atoms with Crippen molar-refractivity contribution in [1.29, 1.82) is 5.26 Å². The number of thioether (sulfide) groups is 1. The van der Waals surface area contributed by atoms with E-state index in [1.807, 2.05) is 6.92 Å². The minimum atomic E-state index is -0.231. The molecule has 2 aromatic rings. The van der Waals surface area contributed by atoms with Crippen molar-refractivity contribution in [3.63, 3.8) is 0 Å². The summed E-state index contributed by atoms with van der Waals surface area (Å²) in [4.78, 5) is 25.5. The molecule has 2 aromatic heterocycles. The van der Waals surface area contributed by atoms with Crippen molar-refractivity contribution < 1.29 is 4.79 Å². The highest BCUT2D eigenvalue weighted by Crippen LogP contribution is 2.40. The van der Waals surface area contributed by atoms with Gasteiger partial charge in [-0.05, 0) is 38.2 Å². The third kappa shape index (κ3) is 3.40. The molecule has 0 aliphatic heterocycles. The number of aryl methyl sites for hydroxylation is 2. The number of nitriles is 1. The van der Waals surface area contributed by atoms with Crippen LogP contribution in [0.4, 0.5) is 0 Å². The predicted molar refractivity (Wildman–Crippen MR) is 97.2 cm³/mol. The second kappa shape index (κ2) is 7.49. The van der Waals surface area contributed by atoms with Crippen LogP contribution in [0.5, 0.6) is 0 Å². The number of aromatic nitrogens is 2. The fraction of sp³-hybridized carbons (Fsp3) is 0.529. The Morgan fingerprint density at radius 3 is 3.04 bits per heavy atom. The zero-order valence-corrected chi connectivity index (χ0v) is 15.5.